The Labute approximate surface area is 180 Å². The van der Waals surface area contributed by atoms with Crippen LogP contribution in [0, 0.1) is 13.8 Å². The van der Waals surface area contributed by atoms with Crippen LogP contribution in [-0.2, 0) is 19.4 Å². The molecule has 1 heterocycles. The lowest BCUT2D eigenvalue weighted by Crippen LogP contribution is -2.51. The first-order valence-electron chi connectivity index (χ1n) is 11.2. The van der Waals surface area contributed by atoms with Gasteiger partial charge in [-0.15, -0.1) is 0 Å². The van der Waals surface area contributed by atoms with Crippen LogP contribution in [0.5, 0.6) is 0 Å². The van der Waals surface area contributed by atoms with E-state index in [-0.39, 0.29) is 23.8 Å². The van der Waals surface area contributed by atoms with E-state index in [1.54, 1.807) is 19.1 Å². The first kappa shape index (κ1) is 22.8. The highest BCUT2D eigenvalue weighted by Crippen LogP contribution is 2.41. The van der Waals surface area contributed by atoms with Gasteiger partial charge >= 0.3 is 0 Å². The fourth-order valence-electron chi connectivity index (χ4n) is 4.69. The van der Waals surface area contributed by atoms with E-state index in [4.69, 9.17) is 0 Å². The van der Waals surface area contributed by atoms with Gasteiger partial charge in [0.15, 0.2) is 14.6 Å². The van der Waals surface area contributed by atoms with Crippen molar-refractivity contribution in [2.45, 2.75) is 81.3 Å². The van der Waals surface area contributed by atoms with Crippen molar-refractivity contribution in [3.8, 4) is 0 Å². The topological polar surface area (TPSA) is 83.5 Å². The number of hydrogen-bond acceptors (Lipinski definition) is 4. The number of carbonyl (C=O) groups excluding carboxylic acids is 2. The molecule has 1 saturated heterocycles. The number of hydrogen-bond donors (Lipinski definition) is 1. The number of aryl methyl sites for hydroxylation is 2. The summed E-state index contributed by atoms with van der Waals surface area (Å²) in [7, 11) is -3.84. The largest absolute Gasteiger partial charge is 0.354 e. The smallest absolute Gasteiger partial charge is 0.241 e. The van der Waals surface area contributed by atoms with Gasteiger partial charge in [-0.1, -0.05) is 37.8 Å². The fourth-order valence-corrected chi connectivity index (χ4v) is 7.09. The summed E-state index contributed by atoms with van der Waals surface area (Å²) in [4.78, 5) is 27.8. The van der Waals surface area contributed by atoms with Crippen molar-refractivity contribution in [1.82, 2.24) is 10.2 Å². The zero-order chi connectivity index (χ0) is 21.8. The molecule has 1 saturated carbocycles. The molecule has 2 aliphatic rings. The minimum Gasteiger partial charge on any atom is -0.354 e. The molecule has 0 bridgehead atoms. The Bertz CT molecular complexity index is 880. The second kappa shape index (κ2) is 9.50. The minimum absolute atomic E-state index is 0.0371. The third-order valence-electron chi connectivity index (χ3n) is 6.56. The van der Waals surface area contributed by atoms with E-state index < -0.39 is 20.5 Å². The van der Waals surface area contributed by atoms with Crippen LogP contribution in [0.2, 0.25) is 0 Å². The second-order valence-corrected chi connectivity index (χ2v) is 11.0. The molecule has 166 valence electrons. The normalized spacial score (nSPS) is 19.3. The molecule has 2 amide bonds. The maximum Gasteiger partial charge on any atom is 0.241 e. The monoisotopic (exact) mass is 434 g/mol. The first-order chi connectivity index (χ1) is 14.3. The van der Waals surface area contributed by atoms with Gasteiger partial charge in [0.25, 0.3) is 0 Å². The molecular formula is C23H34N2O4S. The number of nitrogens with zero attached hydrogens (tertiary/aromatic N) is 1. The van der Waals surface area contributed by atoms with Gasteiger partial charge < -0.3 is 10.2 Å². The molecule has 6 nitrogen and oxygen atoms in total. The van der Waals surface area contributed by atoms with E-state index in [9.17, 15) is 18.0 Å². The Kier molecular flexibility index (Phi) is 7.22. The molecule has 3 rings (SSSR count). The molecule has 1 aromatic rings. The van der Waals surface area contributed by atoms with Gasteiger partial charge in [0.05, 0.1) is 4.90 Å². The summed E-state index contributed by atoms with van der Waals surface area (Å²) in [6.45, 7) is 5.36. The lowest BCUT2D eigenvalue weighted by Gasteiger charge is -2.29. The van der Waals surface area contributed by atoms with Crippen LogP contribution in [0.25, 0.3) is 0 Å². The van der Waals surface area contributed by atoms with Crippen molar-refractivity contribution < 1.29 is 18.0 Å². The fraction of sp³-hybridized carbons (Fsp3) is 0.652. The summed E-state index contributed by atoms with van der Waals surface area (Å²) in [5.41, 5.74) is 1.52. The SMILES string of the molecule is Cc1ccc(C)c(S(=O)(=O)C2(C(=O)NCCC(=O)N3CCCCCC3)CCCC2)c1. The van der Waals surface area contributed by atoms with Crippen molar-refractivity contribution in [2.24, 2.45) is 0 Å². The van der Waals surface area contributed by atoms with Crippen LogP contribution < -0.4 is 5.32 Å². The number of likely N-dealkylation sites (tertiary alicyclic amines) is 1. The first-order valence-corrected chi connectivity index (χ1v) is 12.6. The Morgan fingerprint density at radius 3 is 2.27 bits per heavy atom. The predicted molar refractivity (Wildman–Crippen MR) is 117 cm³/mol. The van der Waals surface area contributed by atoms with Crippen molar-refractivity contribution in [1.29, 1.82) is 0 Å². The Balaban J connectivity index is 1.71. The van der Waals surface area contributed by atoms with Crippen LogP contribution in [0.4, 0.5) is 0 Å². The quantitative estimate of drug-likeness (QED) is 0.745. The summed E-state index contributed by atoms with van der Waals surface area (Å²) in [5, 5.41) is 2.80. The van der Waals surface area contributed by atoms with Crippen LogP contribution in [-0.4, -0.2) is 49.5 Å². The van der Waals surface area contributed by atoms with E-state index in [2.05, 4.69) is 5.32 Å². The zero-order valence-electron chi connectivity index (χ0n) is 18.2. The minimum atomic E-state index is -3.84. The average molecular weight is 435 g/mol. The summed E-state index contributed by atoms with van der Waals surface area (Å²) < 4.78 is 25.8. The van der Waals surface area contributed by atoms with Gasteiger partial charge in [-0.25, -0.2) is 8.42 Å². The molecule has 2 fully saturated rings. The number of sulfone groups is 1. The summed E-state index contributed by atoms with van der Waals surface area (Å²) >= 11 is 0. The highest BCUT2D eigenvalue weighted by atomic mass is 32.2. The predicted octanol–water partition coefficient (Wildman–Crippen LogP) is 3.30. The van der Waals surface area contributed by atoms with Gasteiger partial charge in [0.1, 0.15) is 0 Å². The van der Waals surface area contributed by atoms with E-state index in [1.807, 2.05) is 17.9 Å². The molecule has 0 aromatic heterocycles. The number of carbonyl (C=O) groups is 2. The maximum atomic E-state index is 13.6. The van der Waals surface area contributed by atoms with Crippen molar-refractivity contribution >= 4 is 21.7 Å². The van der Waals surface area contributed by atoms with Crippen molar-refractivity contribution in [2.75, 3.05) is 19.6 Å². The number of rotatable bonds is 6. The average Bonchev–Trinajstić information content (AvgIpc) is 3.07. The maximum absolute atomic E-state index is 13.6. The lowest BCUT2D eigenvalue weighted by atomic mass is 10.1. The van der Waals surface area contributed by atoms with Gasteiger partial charge in [0, 0.05) is 26.1 Å². The molecular weight excluding hydrogens is 400 g/mol. The van der Waals surface area contributed by atoms with Gasteiger partial charge in [-0.05, 0) is 56.7 Å². The van der Waals surface area contributed by atoms with Crippen LogP contribution in [0.1, 0.15) is 68.9 Å². The van der Waals surface area contributed by atoms with Gasteiger partial charge in [0.2, 0.25) is 11.8 Å². The summed E-state index contributed by atoms with van der Waals surface area (Å²) in [6, 6.07) is 5.34. The summed E-state index contributed by atoms with van der Waals surface area (Å²) in [6.07, 6.45) is 6.65. The highest BCUT2D eigenvalue weighted by Gasteiger charge is 2.53. The zero-order valence-corrected chi connectivity index (χ0v) is 19.0. The molecule has 0 unspecified atom stereocenters. The van der Waals surface area contributed by atoms with Crippen molar-refractivity contribution in [3.05, 3.63) is 29.3 Å². The Morgan fingerprint density at radius 2 is 1.63 bits per heavy atom. The van der Waals surface area contributed by atoms with E-state index in [0.717, 1.165) is 44.3 Å². The van der Waals surface area contributed by atoms with E-state index in [1.165, 1.54) is 0 Å². The summed E-state index contributed by atoms with van der Waals surface area (Å²) in [5.74, 6) is -0.417. The Hall–Kier alpha value is -1.89. The molecule has 7 heteroatoms. The molecule has 30 heavy (non-hydrogen) atoms. The number of benzene rings is 1. The van der Waals surface area contributed by atoms with Gasteiger partial charge in [-0.3, -0.25) is 9.59 Å². The van der Waals surface area contributed by atoms with Crippen LogP contribution in [0.3, 0.4) is 0 Å². The standard InChI is InChI=1S/C23H34N2O4S/c1-18-9-10-19(2)20(17-18)30(28,29)23(12-5-6-13-23)22(27)24-14-11-21(26)25-15-7-3-4-8-16-25/h9-10,17H,3-8,11-16H2,1-2H3,(H,24,27). The molecule has 1 aliphatic carbocycles. The molecule has 1 N–H and O–H groups in total. The van der Waals surface area contributed by atoms with Gasteiger partial charge in [-0.2, -0.15) is 0 Å². The van der Waals surface area contributed by atoms with E-state index in [0.29, 0.717) is 31.2 Å². The molecule has 0 atom stereocenters. The third-order valence-corrected chi connectivity index (χ3v) is 9.20. The lowest BCUT2D eigenvalue weighted by molar-refractivity contribution is -0.131. The van der Waals surface area contributed by atoms with Crippen molar-refractivity contribution in [3.63, 3.8) is 0 Å². The third kappa shape index (κ3) is 4.56. The molecule has 0 spiro atoms. The Morgan fingerprint density at radius 1 is 1.00 bits per heavy atom. The van der Waals surface area contributed by atoms with Crippen LogP contribution >= 0.6 is 0 Å². The molecule has 0 radical (unpaired) electrons. The molecule has 1 aromatic carbocycles. The second-order valence-electron chi connectivity index (χ2n) is 8.77. The number of amides is 2. The van der Waals surface area contributed by atoms with Crippen LogP contribution in [0.15, 0.2) is 23.1 Å². The highest BCUT2D eigenvalue weighted by molar-refractivity contribution is 7.93. The molecule has 1 aliphatic heterocycles. The number of nitrogens with one attached hydrogen (secondary N) is 1. The van der Waals surface area contributed by atoms with E-state index >= 15 is 0 Å².